The Morgan fingerprint density at radius 1 is 1.35 bits per heavy atom. The summed E-state index contributed by atoms with van der Waals surface area (Å²) in [5, 5.41) is 9.17. The highest BCUT2D eigenvalue weighted by Gasteiger charge is 2.55. The molecule has 1 amide bonds. The van der Waals surface area contributed by atoms with Crippen molar-refractivity contribution in [1.29, 1.82) is 0 Å². The summed E-state index contributed by atoms with van der Waals surface area (Å²) < 4.78 is 15.6. The Hall–Kier alpha value is -1.24. The lowest BCUT2D eigenvalue weighted by molar-refractivity contribution is 0.0952. The van der Waals surface area contributed by atoms with Gasteiger partial charge in [0.05, 0.1) is 6.04 Å². The molecular formula is C17H24N2O3S. The topological polar surface area (TPSA) is 75.6 Å². The molecule has 3 rings (SSSR count). The van der Waals surface area contributed by atoms with Gasteiger partial charge in [-0.15, -0.1) is 4.72 Å². The van der Waals surface area contributed by atoms with Crippen LogP contribution in [-0.2, 0) is 16.8 Å². The van der Waals surface area contributed by atoms with Crippen molar-refractivity contribution in [2.24, 2.45) is 0 Å². The molecule has 1 aliphatic carbocycles. The summed E-state index contributed by atoms with van der Waals surface area (Å²) in [6.45, 7) is 6.94. The van der Waals surface area contributed by atoms with Gasteiger partial charge in [0.25, 0.3) is 0 Å². The standard InChI is InChI=1S/C17H24N2O3S/c1-16(2,3)23(22)18-14-12-6-4-5-7-13(12)17(14)8-10-19(11-9-17)15(20)21/h4-7,14,18H,8-11H2,1-3H3,(H,20,21)/t14-,23?/m1/s1. The Balaban J connectivity index is 1.85. The first-order chi connectivity index (χ1) is 10.8. The van der Waals surface area contributed by atoms with Crippen molar-refractivity contribution in [3.63, 3.8) is 0 Å². The SMILES string of the molecule is CC(C)(C)[S+]([O-])N[C@@H]1c2ccccc2C12CCN(C(=O)O)CC2. The Bertz CT molecular complexity index is 606. The van der Waals surface area contributed by atoms with Gasteiger partial charge < -0.3 is 14.6 Å². The number of nitrogens with one attached hydrogen (secondary N) is 1. The van der Waals surface area contributed by atoms with E-state index in [4.69, 9.17) is 0 Å². The van der Waals surface area contributed by atoms with Crippen molar-refractivity contribution < 1.29 is 14.5 Å². The lowest BCUT2D eigenvalue weighted by atomic mass is 9.56. The quantitative estimate of drug-likeness (QED) is 0.814. The van der Waals surface area contributed by atoms with Crippen LogP contribution in [0.1, 0.15) is 50.8 Å². The fraction of sp³-hybridized carbons (Fsp3) is 0.588. The molecule has 2 aliphatic rings. The maximum absolute atomic E-state index is 12.6. The van der Waals surface area contributed by atoms with E-state index in [9.17, 15) is 14.5 Å². The van der Waals surface area contributed by atoms with Gasteiger partial charge in [0.15, 0.2) is 0 Å². The average Bonchev–Trinajstić information content (AvgIpc) is 2.51. The van der Waals surface area contributed by atoms with Crippen LogP contribution in [0, 0.1) is 0 Å². The van der Waals surface area contributed by atoms with Gasteiger partial charge in [-0.25, -0.2) is 4.79 Å². The third-order valence-electron chi connectivity index (χ3n) is 5.07. The Kier molecular flexibility index (Phi) is 4.11. The van der Waals surface area contributed by atoms with E-state index in [2.05, 4.69) is 16.9 Å². The van der Waals surface area contributed by atoms with Crippen LogP contribution in [0.2, 0.25) is 0 Å². The van der Waals surface area contributed by atoms with Crippen LogP contribution in [0.4, 0.5) is 4.79 Å². The number of carboxylic acid groups (broad SMARTS) is 1. The summed E-state index contributed by atoms with van der Waals surface area (Å²) in [6.07, 6.45) is 0.695. The summed E-state index contributed by atoms with van der Waals surface area (Å²) in [6, 6.07) is 8.29. The highest BCUT2D eigenvalue weighted by Crippen LogP contribution is 2.56. The predicted molar refractivity (Wildman–Crippen MR) is 90.7 cm³/mol. The molecule has 0 radical (unpaired) electrons. The van der Waals surface area contributed by atoms with Gasteiger partial charge >= 0.3 is 6.09 Å². The van der Waals surface area contributed by atoms with E-state index in [0.29, 0.717) is 13.1 Å². The molecule has 1 saturated heterocycles. The summed E-state index contributed by atoms with van der Waals surface area (Å²) in [5.41, 5.74) is 2.39. The van der Waals surface area contributed by atoms with E-state index >= 15 is 0 Å². The number of nitrogens with zero attached hydrogens (tertiary/aromatic N) is 1. The zero-order valence-corrected chi connectivity index (χ0v) is 14.7. The van der Waals surface area contributed by atoms with E-state index < -0.39 is 17.5 Å². The summed E-state index contributed by atoms with van der Waals surface area (Å²) >= 11 is -1.15. The maximum Gasteiger partial charge on any atom is 0.407 e. The third-order valence-corrected chi connectivity index (χ3v) is 6.63. The fourth-order valence-electron chi connectivity index (χ4n) is 3.69. The first-order valence-corrected chi connectivity index (χ1v) is 9.16. The van der Waals surface area contributed by atoms with Gasteiger partial charge in [0.1, 0.15) is 4.75 Å². The average molecular weight is 336 g/mol. The molecule has 1 heterocycles. The molecule has 0 bridgehead atoms. The third kappa shape index (κ3) is 2.73. The van der Waals surface area contributed by atoms with Crippen LogP contribution in [-0.4, -0.2) is 38.5 Å². The van der Waals surface area contributed by atoms with Gasteiger partial charge in [-0.2, -0.15) is 0 Å². The Morgan fingerprint density at radius 3 is 2.52 bits per heavy atom. The molecule has 1 unspecified atom stereocenters. The number of piperidine rings is 1. The highest BCUT2D eigenvalue weighted by atomic mass is 32.2. The lowest BCUT2D eigenvalue weighted by Crippen LogP contribution is -2.58. The van der Waals surface area contributed by atoms with E-state index in [1.165, 1.54) is 16.0 Å². The van der Waals surface area contributed by atoms with Crippen LogP contribution in [0.15, 0.2) is 24.3 Å². The minimum Gasteiger partial charge on any atom is -0.598 e. The molecule has 126 valence electrons. The molecule has 1 aliphatic heterocycles. The number of fused-ring (bicyclic) bond motifs is 2. The first kappa shape index (κ1) is 16.6. The fourth-order valence-corrected chi connectivity index (χ4v) is 4.61. The molecule has 2 N–H and O–H groups in total. The molecule has 1 aromatic carbocycles. The highest BCUT2D eigenvalue weighted by molar-refractivity contribution is 7.90. The monoisotopic (exact) mass is 336 g/mol. The largest absolute Gasteiger partial charge is 0.598 e. The molecule has 1 fully saturated rings. The molecule has 0 saturated carbocycles. The predicted octanol–water partition coefficient (Wildman–Crippen LogP) is 2.80. The minimum absolute atomic E-state index is 0.0368. The van der Waals surface area contributed by atoms with E-state index in [1.807, 2.05) is 32.9 Å². The van der Waals surface area contributed by atoms with Crippen molar-refractivity contribution in [2.75, 3.05) is 13.1 Å². The number of hydrogen-bond acceptors (Lipinski definition) is 3. The Morgan fingerprint density at radius 2 is 1.96 bits per heavy atom. The van der Waals surface area contributed by atoms with Crippen molar-refractivity contribution in [1.82, 2.24) is 9.62 Å². The van der Waals surface area contributed by atoms with Crippen LogP contribution in [0.5, 0.6) is 0 Å². The van der Waals surface area contributed by atoms with E-state index in [0.717, 1.165) is 12.8 Å². The number of rotatable bonds is 2. The van der Waals surface area contributed by atoms with Crippen molar-refractivity contribution >= 4 is 17.5 Å². The second kappa shape index (κ2) is 5.69. The van der Waals surface area contributed by atoms with Crippen LogP contribution < -0.4 is 4.72 Å². The maximum atomic E-state index is 12.6. The summed E-state index contributed by atoms with van der Waals surface area (Å²) in [4.78, 5) is 12.6. The number of amides is 1. The number of likely N-dealkylation sites (tertiary alicyclic amines) is 1. The molecule has 1 aromatic rings. The smallest absolute Gasteiger partial charge is 0.407 e. The number of hydrogen-bond donors (Lipinski definition) is 2. The van der Waals surface area contributed by atoms with Gasteiger partial charge in [0, 0.05) is 29.9 Å². The van der Waals surface area contributed by atoms with Crippen LogP contribution in [0.3, 0.4) is 0 Å². The first-order valence-electron chi connectivity index (χ1n) is 8.01. The number of benzene rings is 1. The molecule has 6 heteroatoms. The summed E-state index contributed by atoms with van der Waals surface area (Å²) in [5.74, 6) is 0. The van der Waals surface area contributed by atoms with Crippen LogP contribution in [0.25, 0.3) is 0 Å². The van der Waals surface area contributed by atoms with Crippen molar-refractivity contribution in [3.8, 4) is 0 Å². The van der Waals surface area contributed by atoms with Gasteiger partial charge in [-0.1, -0.05) is 24.3 Å². The second-order valence-corrected chi connectivity index (χ2v) is 9.44. The van der Waals surface area contributed by atoms with Gasteiger partial charge in [-0.3, -0.25) is 0 Å². The van der Waals surface area contributed by atoms with E-state index in [-0.39, 0.29) is 16.2 Å². The molecule has 5 nitrogen and oxygen atoms in total. The van der Waals surface area contributed by atoms with Gasteiger partial charge in [-0.05, 0) is 44.7 Å². The Labute approximate surface area is 140 Å². The molecular weight excluding hydrogens is 312 g/mol. The van der Waals surface area contributed by atoms with Crippen molar-refractivity contribution in [3.05, 3.63) is 35.4 Å². The number of carbonyl (C=O) groups is 1. The minimum atomic E-state index is -1.15. The lowest BCUT2D eigenvalue weighted by Gasteiger charge is -2.54. The zero-order valence-electron chi connectivity index (χ0n) is 13.8. The van der Waals surface area contributed by atoms with Crippen molar-refractivity contribution in [2.45, 2.75) is 49.8 Å². The normalized spacial score (nSPS) is 24.0. The molecule has 23 heavy (non-hydrogen) atoms. The summed E-state index contributed by atoms with van der Waals surface area (Å²) in [7, 11) is 0. The van der Waals surface area contributed by atoms with Crippen LogP contribution >= 0.6 is 0 Å². The molecule has 0 aromatic heterocycles. The molecule has 1 spiro atoms. The van der Waals surface area contributed by atoms with Gasteiger partial charge in [0.2, 0.25) is 0 Å². The second-order valence-electron chi connectivity index (χ2n) is 7.44. The zero-order chi connectivity index (χ0) is 16.8. The van der Waals surface area contributed by atoms with E-state index in [1.54, 1.807) is 0 Å². The molecule has 2 atom stereocenters.